The van der Waals surface area contributed by atoms with Crippen molar-refractivity contribution >= 4 is 57.1 Å². The van der Waals surface area contributed by atoms with Crippen molar-refractivity contribution in [2.24, 2.45) is 0 Å². The third-order valence-corrected chi connectivity index (χ3v) is 6.34. The van der Waals surface area contributed by atoms with Crippen molar-refractivity contribution in [3.05, 3.63) is 51.3 Å². The van der Waals surface area contributed by atoms with Gasteiger partial charge in [-0.05, 0) is 32.0 Å². The summed E-state index contributed by atoms with van der Waals surface area (Å²) in [5.41, 5.74) is 2.06. The molecule has 0 fully saturated rings. The number of amides is 2. The van der Waals surface area contributed by atoms with E-state index < -0.39 is 5.82 Å². The highest BCUT2D eigenvalue weighted by Gasteiger charge is 2.12. The SMILES string of the molecule is Cc1cc(-c2csc(NC(=O)CSCC(=O)Nc3ccccc3F)n2)c(C)s1. The van der Waals surface area contributed by atoms with Gasteiger partial charge in [0.15, 0.2) is 5.13 Å². The van der Waals surface area contributed by atoms with Crippen LogP contribution in [0.3, 0.4) is 0 Å². The number of anilines is 2. The van der Waals surface area contributed by atoms with E-state index >= 15 is 0 Å². The normalized spacial score (nSPS) is 10.7. The van der Waals surface area contributed by atoms with Gasteiger partial charge in [0.05, 0.1) is 22.9 Å². The van der Waals surface area contributed by atoms with Gasteiger partial charge >= 0.3 is 0 Å². The zero-order valence-corrected chi connectivity index (χ0v) is 17.7. The molecule has 0 saturated heterocycles. The van der Waals surface area contributed by atoms with Crippen LogP contribution < -0.4 is 10.6 Å². The number of rotatable bonds is 7. The van der Waals surface area contributed by atoms with Crippen LogP contribution in [0.15, 0.2) is 35.7 Å². The van der Waals surface area contributed by atoms with E-state index in [2.05, 4.69) is 28.6 Å². The van der Waals surface area contributed by atoms with Gasteiger partial charge in [0.25, 0.3) is 0 Å². The Hall–Kier alpha value is -2.23. The van der Waals surface area contributed by atoms with E-state index in [0.717, 1.165) is 23.0 Å². The van der Waals surface area contributed by atoms with Crippen molar-refractivity contribution in [1.29, 1.82) is 0 Å². The summed E-state index contributed by atoms with van der Waals surface area (Å²) < 4.78 is 13.5. The molecule has 9 heteroatoms. The molecule has 5 nitrogen and oxygen atoms in total. The Morgan fingerprint density at radius 2 is 1.86 bits per heavy atom. The standard InChI is InChI=1S/C19H18FN3O2S3/c1-11-7-13(12(2)28-11)16-8-27-19(22-16)23-18(25)10-26-9-17(24)21-15-6-4-3-5-14(15)20/h3-8H,9-10H2,1-2H3,(H,21,24)(H,22,23,25). The molecule has 0 aliphatic heterocycles. The summed E-state index contributed by atoms with van der Waals surface area (Å²) in [6, 6.07) is 8.04. The lowest BCUT2D eigenvalue weighted by Crippen LogP contribution is -2.18. The van der Waals surface area contributed by atoms with E-state index in [1.807, 2.05) is 12.3 Å². The second kappa shape index (κ2) is 9.31. The molecule has 0 atom stereocenters. The van der Waals surface area contributed by atoms with E-state index in [1.54, 1.807) is 23.5 Å². The number of nitrogens with zero attached hydrogens (tertiary/aromatic N) is 1. The molecule has 3 aromatic rings. The number of benzene rings is 1. The summed E-state index contributed by atoms with van der Waals surface area (Å²) in [5, 5.41) is 7.68. The monoisotopic (exact) mass is 435 g/mol. The van der Waals surface area contributed by atoms with Gasteiger partial charge in [-0.1, -0.05) is 12.1 Å². The van der Waals surface area contributed by atoms with Gasteiger partial charge in [0.1, 0.15) is 5.82 Å². The summed E-state index contributed by atoms with van der Waals surface area (Å²) >= 11 is 4.23. The highest BCUT2D eigenvalue weighted by Crippen LogP contribution is 2.32. The second-order valence-corrected chi connectivity index (χ2v) is 9.24. The molecule has 0 saturated carbocycles. The minimum Gasteiger partial charge on any atom is -0.323 e. The van der Waals surface area contributed by atoms with Crippen LogP contribution in [-0.4, -0.2) is 28.3 Å². The molecule has 2 N–H and O–H groups in total. The molecule has 2 heterocycles. The average Bonchev–Trinajstić information content (AvgIpc) is 3.22. The molecule has 0 bridgehead atoms. The maximum Gasteiger partial charge on any atom is 0.236 e. The summed E-state index contributed by atoms with van der Waals surface area (Å²) in [6.45, 7) is 4.10. The van der Waals surface area contributed by atoms with Gasteiger partial charge in [0, 0.05) is 20.7 Å². The number of aromatic nitrogens is 1. The van der Waals surface area contributed by atoms with Gasteiger partial charge in [-0.2, -0.15) is 0 Å². The molecule has 146 valence electrons. The molecule has 0 unspecified atom stereocenters. The molecule has 2 amide bonds. The van der Waals surface area contributed by atoms with E-state index in [4.69, 9.17) is 0 Å². The number of hydrogen-bond donors (Lipinski definition) is 2. The molecule has 28 heavy (non-hydrogen) atoms. The zero-order chi connectivity index (χ0) is 20.1. The van der Waals surface area contributed by atoms with Crippen LogP contribution in [0.4, 0.5) is 15.2 Å². The van der Waals surface area contributed by atoms with Gasteiger partial charge in [-0.25, -0.2) is 9.37 Å². The zero-order valence-electron chi connectivity index (χ0n) is 15.2. The number of carbonyl (C=O) groups is 2. The number of thiophene rings is 1. The molecule has 3 rings (SSSR count). The Kier molecular flexibility index (Phi) is 6.82. The highest BCUT2D eigenvalue weighted by atomic mass is 32.2. The van der Waals surface area contributed by atoms with E-state index in [-0.39, 0.29) is 29.0 Å². The van der Waals surface area contributed by atoms with Crippen LogP contribution in [0.5, 0.6) is 0 Å². The van der Waals surface area contributed by atoms with Gasteiger partial charge in [0.2, 0.25) is 11.8 Å². The minimum atomic E-state index is -0.491. The molecule has 0 aliphatic rings. The summed E-state index contributed by atoms with van der Waals surface area (Å²) in [6.07, 6.45) is 0. The molecule has 2 aromatic heterocycles. The van der Waals surface area contributed by atoms with Crippen LogP contribution >= 0.6 is 34.4 Å². The van der Waals surface area contributed by atoms with Gasteiger partial charge < -0.3 is 10.6 Å². The smallest absolute Gasteiger partial charge is 0.236 e. The number of nitrogens with one attached hydrogen (secondary N) is 2. The predicted octanol–water partition coefficient (Wildman–Crippen LogP) is 4.94. The van der Waals surface area contributed by atoms with Crippen molar-refractivity contribution in [2.75, 3.05) is 22.1 Å². The number of thiazole rings is 1. The topological polar surface area (TPSA) is 71.1 Å². The Morgan fingerprint density at radius 3 is 2.54 bits per heavy atom. The lowest BCUT2D eigenvalue weighted by molar-refractivity contribution is -0.114. The molecule has 0 spiro atoms. The Morgan fingerprint density at radius 1 is 1.14 bits per heavy atom. The number of aryl methyl sites for hydroxylation is 2. The first-order valence-corrected chi connectivity index (χ1v) is 11.2. The maximum atomic E-state index is 13.5. The van der Waals surface area contributed by atoms with Crippen LogP contribution in [0, 0.1) is 19.7 Å². The number of halogens is 1. The lowest BCUT2D eigenvalue weighted by atomic mass is 10.2. The first-order valence-electron chi connectivity index (χ1n) is 8.37. The van der Waals surface area contributed by atoms with Crippen molar-refractivity contribution in [3.63, 3.8) is 0 Å². The lowest BCUT2D eigenvalue weighted by Gasteiger charge is -2.06. The summed E-state index contributed by atoms with van der Waals surface area (Å²) in [4.78, 5) is 30.8. The van der Waals surface area contributed by atoms with Crippen molar-refractivity contribution in [1.82, 2.24) is 4.98 Å². The fraction of sp³-hybridized carbons (Fsp3) is 0.211. The van der Waals surface area contributed by atoms with Crippen LogP contribution in [0.25, 0.3) is 11.3 Å². The van der Waals surface area contributed by atoms with Crippen LogP contribution in [0.1, 0.15) is 9.75 Å². The van der Waals surface area contributed by atoms with E-state index in [0.29, 0.717) is 5.13 Å². The number of para-hydroxylation sites is 1. The first kappa shape index (κ1) is 20.5. The Labute approximate surface area is 174 Å². The fourth-order valence-corrected chi connectivity index (χ4v) is 4.76. The third kappa shape index (κ3) is 5.40. The van der Waals surface area contributed by atoms with Crippen molar-refractivity contribution < 1.29 is 14.0 Å². The van der Waals surface area contributed by atoms with Crippen molar-refractivity contribution in [2.45, 2.75) is 13.8 Å². The largest absolute Gasteiger partial charge is 0.323 e. The second-order valence-electron chi connectivity index (χ2n) is 5.93. The van der Waals surface area contributed by atoms with E-state index in [1.165, 1.54) is 33.2 Å². The number of hydrogen-bond acceptors (Lipinski definition) is 6. The minimum absolute atomic E-state index is 0.0538. The summed E-state index contributed by atoms with van der Waals surface area (Å²) in [7, 11) is 0. The summed E-state index contributed by atoms with van der Waals surface area (Å²) in [5.74, 6) is -0.922. The van der Waals surface area contributed by atoms with Gasteiger partial charge in [-0.15, -0.1) is 34.4 Å². The molecular weight excluding hydrogens is 417 g/mol. The fourth-order valence-electron chi connectivity index (χ4n) is 2.48. The molecule has 0 aliphatic carbocycles. The van der Waals surface area contributed by atoms with Crippen LogP contribution in [-0.2, 0) is 9.59 Å². The average molecular weight is 436 g/mol. The number of thioether (sulfide) groups is 1. The van der Waals surface area contributed by atoms with E-state index in [9.17, 15) is 14.0 Å². The number of carbonyl (C=O) groups excluding carboxylic acids is 2. The Bertz CT molecular complexity index is 1000. The predicted molar refractivity (Wildman–Crippen MR) is 116 cm³/mol. The van der Waals surface area contributed by atoms with Gasteiger partial charge in [-0.3, -0.25) is 9.59 Å². The molecule has 0 radical (unpaired) electrons. The first-order chi connectivity index (χ1) is 13.4. The maximum absolute atomic E-state index is 13.5. The third-order valence-electron chi connectivity index (χ3n) is 3.68. The molecular formula is C19H18FN3O2S3. The quantitative estimate of drug-likeness (QED) is 0.552. The van der Waals surface area contributed by atoms with Crippen molar-refractivity contribution in [3.8, 4) is 11.3 Å². The molecule has 1 aromatic carbocycles. The Balaban J connectivity index is 1.45. The highest BCUT2D eigenvalue weighted by molar-refractivity contribution is 8.00. The van der Waals surface area contributed by atoms with Crippen LogP contribution in [0.2, 0.25) is 0 Å².